The Hall–Kier alpha value is -2.64. The molecule has 252 valence electrons. The molecule has 0 radical (unpaired) electrons. The van der Waals surface area contributed by atoms with Gasteiger partial charge in [0.25, 0.3) is 0 Å². The van der Waals surface area contributed by atoms with Crippen LogP contribution in [0, 0.1) is 46.3 Å². The van der Waals surface area contributed by atoms with Crippen molar-refractivity contribution in [2.45, 2.75) is 138 Å². The van der Waals surface area contributed by atoms with Gasteiger partial charge < -0.3 is 18.9 Å². The summed E-state index contributed by atoms with van der Waals surface area (Å²) in [5.74, 6) is -0.281. The largest absolute Gasteiger partial charge is 0.462 e. The van der Waals surface area contributed by atoms with Crippen molar-refractivity contribution < 1.29 is 38.1 Å². The summed E-state index contributed by atoms with van der Waals surface area (Å²) in [7, 11) is 0. The van der Waals surface area contributed by atoms with E-state index in [1.165, 1.54) is 33.3 Å². The van der Waals surface area contributed by atoms with Gasteiger partial charge in [-0.05, 0) is 85.5 Å². The molecule has 4 aliphatic rings. The summed E-state index contributed by atoms with van der Waals surface area (Å²) in [6.07, 6.45) is 9.49. The Morgan fingerprint density at radius 3 is 2.13 bits per heavy atom. The highest BCUT2D eigenvalue weighted by atomic mass is 16.6. The maximum absolute atomic E-state index is 12.6. The molecule has 45 heavy (non-hydrogen) atoms. The first-order valence-corrected chi connectivity index (χ1v) is 17.0. The minimum atomic E-state index is -0.754. The molecule has 0 aromatic heterocycles. The van der Waals surface area contributed by atoms with Gasteiger partial charge in [0.05, 0.1) is 0 Å². The molecule has 0 amide bonds. The van der Waals surface area contributed by atoms with Crippen LogP contribution in [0.4, 0.5) is 0 Å². The zero-order valence-corrected chi connectivity index (χ0v) is 29.0. The number of rotatable bonds is 10. The Bertz CT molecular complexity index is 1200. The molecule has 0 saturated heterocycles. The third kappa shape index (κ3) is 6.76. The molecule has 0 aromatic carbocycles. The van der Waals surface area contributed by atoms with Gasteiger partial charge in [0, 0.05) is 46.0 Å². The number of allylic oxidation sites excluding steroid dienone is 1. The summed E-state index contributed by atoms with van der Waals surface area (Å²) < 4.78 is 23.9. The van der Waals surface area contributed by atoms with Crippen molar-refractivity contribution in [3.63, 3.8) is 0 Å². The van der Waals surface area contributed by atoms with E-state index in [0.29, 0.717) is 19.3 Å². The molecule has 11 atom stereocenters. The minimum Gasteiger partial charge on any atom is -0.462 e. The van der Waals surface area contributed by atoms with E-state index in [2.05, 4.69) is 47.3 Å². The van der Waals surface area contributed by atoms with Gasteiger partial charge in [-0.3, -0.25) is 19.2 Å². The maximum atomic E-state index is 12.6. The van der Waals surface area contributed by atoms with Crippen LogP contribution in [-0.4, -0.2) is 47.8 Å². The monoisotopic (exact) mass is 628 g/mol. The number of fused-ring (bicyclic) bond motifs is 5. The Morgan fingerprint density at radius 1 is 0.956 bits per heavy atom. The van der Waals surface area contributed by atoms with E-state index >= 15 is 0 Å². The molecule has 4 aliphatic carbocycles. The second kappa shape index (κ2) is 13.2. The second-order valence-electron chi connectivity index (χ2n) is 15.3. The third-order valence-corrected chi connectivity index (χ3v) is 12.3. The number of carbonyl (C=O) groups excluding carboxylic acids is 4. The van der Waals surface area contributed by atoms with Crippen LogP contribution in [0.1, 0.15) is 114 Å². The third-order valence-electron chi connectivity index (χ3n) is 12.3. The average molecular weight is 629 g/mol. The highest BCUT2D eigenvalue weighted by Crippen LogP contribution is 2.68. The zero-order chi connectivity index (χ0) is 33.5. The molecule has 0 heterocycles. The normalized spacial score (nSPS) is 37.5. The first-order chi connectivity index (χ1) is 21.0. The predicted octanol–water partition coefficient (Wildman–Crippen LogP) is 7.14. The summed E-state index contributed by atoms with van der Waals surface area (Å²) in [4.78, 5) is 49.0. The number of hydrogen-bond donors (Lipinski definition) is 0. The number of hydrogen-bond acceptors (Lipinski definition) is 8. The van der Waals surface area contributed by atoms with Crippen molar-refractivity contribution in [3.8, 4) is 0 Å². The van der Waals surface area contributed by atoms with Crippen molar-refractivity contribution in [2.75, 3.05) is 0 Å². The molecular formula is C37H56O8. The quantitative estimate of drug-likeness (QED) is 0.143. The summed E-state index contributed by atoms with van der Waals surface area (Å²) in [6.45, 7) is 20.9. The van der Waals surface area contributed by atoms with Crippen molar-refractivity contribution in [3.05, 3.63) is 24.3 Å². The van der Waals surface area contributed by atoms with Crippen LogP contribution < -0.4 is 0 Å². The first-order valence-electron chi connectivity index (χ1n) is 17.0. The highest BCUT2D eigenvalue weighted by Gasteiger charge is 2.66. The van der Waals surface area contributed by atoms with Crippen molar-refractivity contribution >= 4 is 23.9 Å². The molecule has 0 spiro atoms. The van der Waals surface area contributed by atoms with Crippen LogP contribution in [0.25, 0.3) is 0 Å². The molecule has 4 rings (SSSR count). The highest BCUT2D eigenvalue weighted by molar-refractivity contribution is 5.67. The lowest BCUT2D eigenvalue weighted by Crippen LogP contribution is -2.59. The van der Waals surface area contributed by atoms with Crippen molar-refractivity contribution in [1.29, 1.82) is 0 Å². The molecule has 3 saturated carbocycles. The summed E-state index contributed by atoms with van der Waals surface area (Å²) in [6, 6.07) is 0. The van der Waals surface area contributed by atoms with Gasteiger partial charge in [-0.15, -0.1) is 0 Å². The van der Waals surface area contributed by atoms with E-state index in [-0.39, 0.29) is 88.5 Å². The fourth-order valence-corrected chi connectivity index (χ4v) is 10.4. The van der Waals surface area contributed by atoms with Gasteiger partial charge in [-0.2, -0.15) is 0 Å². The van der Waals surface area contributed by atoms with E-state index in [9.17, 15) is 19.2 Å². The van der Waals surface area contributed by atoms with Gasteiger partial charge >= 0.3 is 23.9 Å². The van der Waals surface area contributed by atoms with E-state index in [0.717, 1.165) is 32.1 Å². The lowest BCUT2D eigenvalue weighted by molar-refractivity contribution is -0.185. The molecule has 0 aromatic rings. The number of esters is 4. The molecule has 3 fully saturated rings. The fourth-order valence-electron chi connectivity index (χ4n) is 10.4. The van der Waals surface area contributed by atoms with Crippen LogP contribution in [-0.2, 0) is 38.1 Å². The number of carbonyl (C=O) groups is 4. The van der Waals surface area contributed by atoms with Crippen LogP contribution in [0.5, 0.6) is 0 Å². The SMILES string of the molecule is C=CC(CC[C@@H](C)[C@H]1C[C@@H](OC(C)=O)[C@H]2[C@@H]3CC=C4C[C@@H](OC(C)=O)CC[C@]4(C)[C@H]3[C@H](OC(C)=O)C[C@@]21C)(OC(C)=O)C(C)C. The summed E-state index contributed by atoms with van der Waals surface area (Å²) >= 11 is 0. The van der Waals surface area contributed by atoms with Crippen molar-refractivity contribution in [1.82, 2.24) is 0 Å². The van der Waals surface area contributed by atoms with Gasteiger partial charge in [0.1, 0.15) is 23.9 Å². The fraction of sp³-hybridized carbons (Fsp3) is 0.784. The molecule has 0 N–H and O–H groups in total. The van der Waals surface area contributed by atoms with Crippen LogP contribution in [0.3, 0.4) is 0 Å². The van der Waals surface area contributed by atoms with Crippen LogP contribution >= 0.6 is 0 Å². The molecular weight excluding hydrogens is 572 g/mol. The zero-order valence-electron chi connectivity index (χ0n) is 29.0. The van der Waals surface area contributed by atoms with E-state index < -0.39 is 5.60 Å². The smallest absolute Gasteiger partial charge is 0.303 e. The molecule has 1 unspecified atom stereocenters. The molecule has 8 heteroatoms. The van der Waals surface area contributed by atoms with E-state index in [1.54, 1.807) is 6.08 Å². The summed E-state index contributed by atoms with van der Waals surface area (Å²) in [5, 5.41) is 0. The number of ether oxygens (including phenoxy) is 4. The minimum absolute atomic E-state index is 0.0653. The Morgan fingerprint density at radius 2 is 1.58 bits per heavy atom. The Labute approximate surface area is 270 Å². The predicted molar refractivity (Wildman–Crippen MR) is 171 cm³/mol. The van der Waals surface area contributed by atoms with Crippen molar-refractivity contribution in [2.24, 2.45) is 46.3 Å². The van der Waals surface area contributed by atoms with Gasteiger partial charge in [-0.1, -0.05) is 52.8 Å². The average Bonchev–Trinajstić information content (AvgIpc) is 3.20. The lowest BCUT2D eigenvalue weighted by atomic mass is 9.45. The van der Waals surface area contributed by atoms with E-state index in [1.807, 2.05) is 0 Å². The maximum Gasteiger partial charge on any atom is 0.303 e. The molecule has 0 aliphatic heterocycles. The first kappa shape index (κ1) is 35.2. The molecule has 8 nitrogen and oxygen atoms in total. The second-order valence-corrected chi connectivity index (χ2v) is 15.3. The Kier molecular flexibility index (Phi) is 10.4. The van der Waals surface area contributed by atoms with Crippen LogP contribution in [0.2, 0.25) is 0 Å². The van der Waals surface area contributed by atoms with E-state index in [4.69, 9.17) is 18.9 Å². The Balaban J connectivity index is 1.71. The topological polar surface area (TPSA) is 105 Å². The van der Waals surface area contributed by atoms with Gasteiger partial charge in [0.15, 0.2) is 0 Å². The van der Waals surface area contributed by atoms with Gasteiger partial charge in [0.2, 0.25) is 0 Å². The van der Waals surface area contributed by atoms with Gasteiger partial charge in [-0.25, -0.2) is 0 Å². The molecule has 0 bridgehead atoms. The summed E-state index contributed by atoms with van der Waals surface area (Å²) in [5.41, 5.74) is 0.0779. The standard InChI is InChI=1S/C37H56O8/c1-11-37(21(2)3,45-26(8)41)17-14-22(4)30-19-31(43-24(6)39)33-29-13-12-27-18-28(42-23(5)38)15-16-35(27,9)34(29)32(44-25(7)40)20-36(30,33)10/h11-12,21-22,28-34H,1,13-20H2,2-10H3/t22-,28+,29+,30-,31-,32-,33-,34-,35+,36-,37?/m1/s1. The van der Waals surface area contributed by atoms with Crippen LogP contribution in [0.15, 0.2) is 24.3 Å². The lowest BCUT2D eigenvalue weighted by Gasteiger charge is -2.60.